The van der Waals surface area contributed by atoms with Crippen LogP contribution in [0.2, 0.25) is 0 Å². The number of rotatable bonds is 6. The van der Waals surface area contributed by atoms with Gasteiger partial charge in [-0.15, -0.1) is 15.3 Å². The molecule has 5 rings (SSSR count). The first-order valence-corrected chi connectivity index (χ1v) is 14.3. The van der Waals surface area contributed by atoms with E-state index in [4.69, 9.17) is 10.3 Å². The van der Waals surface area contributed by atoms with Gasteiger partial charge in [0.15, 0.2) is 5.75 Å². The van der Waals surface area contributed by atoms with E-state index in [1.165, 1.54) is 42.5 Å². The number of nitrogens with zero attached hydrogens (tertiary/aromatic N) is 4. The Bertz CT molecular complexity index is 2080. The third-order valence-corrected chi connectivity index (χ3v) is 7.73. The minimum absolute atomic E-state index is 0.0109. The molecule has 12 nitrogen and oxygen atoms in total. The van der Waals surface area contributed by atoms with Crippen LogP contribution in [-0.4, -0.2) is 31.0 Å². The highest BCUT2D eigenvalue weighted by Crippen LogP contribution is 2.42. The average molecular weight is 578 g/mol. The summed E-state index contributed by atoms with van der Waals surface area (Å²) < 4.78 is 64.6. The summed E-state index contributed by atoms with van der Waals surface area (Å²) in [6.07, 6.45) is 0. The number of hydrogen-bond acceptors (Lipinski definition) is 10. The van der Waals surface area contributed by atoms with Crippen LogP contribution in [-0.2, 0) is 20.2 Å². The molecule has 40 heavy (non-hydrogen) atoms. The highest BCUT2D eigenvalue weighted by atomic mass is 32.2. The maximum absolute atomic E-state index is 11.7. The molecule has 0 radical (unpaired) electrons. The topological polar surface area (TPSA) is 204 Å². The minimum atomic E-state index is -4.56. The molecule has 0 unspecified atom stereocenters. The molecule has 0 aliphatic rings. The number of hydrogen-bond donors (Lipinski definition) is 4. The van der Waals surface area contributed by atoms with Crippen molar-refractivity contribution in [3.8, 4) is 5.75 Å². The van der Waals surface area contributed by atoms with E-state index in [9.17, 15) is 26.5 Å². The summed E-state index contributed by atoms with van der Waals surface area (Å²) in [5.74, 6) is -0.404. The largest absolute Gasteiger partial charge is 0.505 e. The second-order valence-electron chi connectivity index (χ2n) is 8.50. The molecule has 0 amide bonds. The van der Waals surface area contributed by atoms with Crippen molar-refractivity contribution in [2.45, 2.75) is 9.79 Å². The molecule has 0 heterocycles. The van der Waals surface area contributed by atoms with Crippen LogP contribution in [0, 0.1) is 0 Å². The van der Waals surface area contributed by atoms with Crippen LogP contribution in [0.25, 0.3) is 21.5 Å². The summed E-state index contributed by atoms with van der Waals surface area (Å²) in [5, 5.41) is 29.0. The van der Waals surface area contributed by atoms with E-state index in [0.29, 0.717) is 27.8 Å². The molecular formula is C26H19N5O7S2. The number of phenolic OH excluding ortho intramolecular Hbond substituents is 1. The molecular weight excluding hydrogens is 558 g/mol. The fourth-order valence-corrected chi connectivity index (χ4v) is 5.24. The van der Waals surface area contributed by atoms with E-state index in [1.54, 1.807) is 36.4 Å². The first-order valence-electron chi connectivity index (χ1n) is 11.4. The Labute approximate surface area is 227 Å². The van der Waals surface area contributed by atoms with Gasteiger partial charge in [-0.25, -0.2) is 0 Å². The number of nitrogen functional groups attached to an aromatic ring is 1. The number of phenols is 1. The second-order valence-corrected chi connectivity index (χ2v) is 11.3. The van der Waals surface area contributed by atoms with Crippen molar-refractivity contribution in [2.75, 3.05) is 5.73 Å². The zero-order valence-corrected chi connectivity index (χ0v) is 21.9. The summed E-state index contributed by atoms with van der Waals surface area (Å²) in [5.41, 5.74) is 7.37. The molecule has 0 saturated carbocycles. The number of benzene rings is 5. The Kier molecular flexibility index (Phi) is 6.77. The number of fused-ring (bicyclic) bond motifs is 2. The van der Waals surface area contributed by atoms with Crippen molar-refractivity contribution in [1.82, 2.24) is 0 Å². The van der Waals surface area contributed by atoms with Crippen molar-refractivity contribution in [1.29, 1.82) is 0 Å². The first kappa shape index (κ1) is 26.8. The molecule has 0 saturated heterocycles. The highest BCUT2D eigenvalue weighted by Gasteiger charge is 2.19. The van der Waals surface area contributed by atoms with Crippen LogP contribution in [0.4, 0.5) is 28.4 Å². The average Bonchev–Trinajstić information content (AvgIpc) is 2.91. The maximum Gasteiger partial charge on any atom is 0.295 e. The molecule has 202 valence electrons. The molecule has 0 atom stereocenters. The Balaban J connectivity index is 1.51. The molecule has 0 fully saturated rings. The molecule has 0 aliphatic heterocycles. The lowest BCUT2D eigenvalue weighted by atomic mass is 10.1. The quantitative estimate of drug-likeness (QED) is 0.0979. The van der Waals surface area contributed by atoms with E-state index >= 15 is 0 Å². The van der Waals surface area contributed by atoms with Gasteiger partial charge in [-0.3, -0.25) is 9.11 Å². The molecule has 5 N–H and O–H groups in total. The van der Waals surface area contributed by atoms with Gasteiger partial charge in [0, 0.05) is 21.8 Å². The van der Waals surface area contributed by atoms with Crippen molar-refractivity contribution in [3.63, 3.8) is 0 Å². The van der Waals surface area contributed by atoms with Gasteiger partial charge in [0.2, 0.25) is 0 Å². The SMILES string of the molecule is Nc1ccc(S(=O)(=O)O)c2ccc(N=Nc3ccc(N=Nc4ccc(S(=O)(=O)O)cc4)c4ccccc34)c(O)c12. The van der Waals surface area contributed by atoms with Gasteiger partial charge < -0.3 is 10.8 Å². The van der Waals surface area contributed by atoms with E-state index in [1.807, 2.05) is 0 Å². The van der Waals surface area contributed by atoms with Gasteiger partial charge in [0.05, 0.1) is 27.3 Å². The zero-order valence-electron chi connectivity index (χ0n) is 20.2. The van der Waals surface area contributed by atoms with Gasteiger partial charge in [0.25, 0.3) is 20.2 Å². The monoisotopic (exact) mass is 577 g/mol. The third-order valence-electron chi connectivity index (χ3n) is 5.95. The molecule has 0 aromatic heterocycles. The fourth-order valence-electron chi connectivity index (χ4n) is 4.07. The second kappa shape index (κ2) is 10.1. The normalized spacial score (nSPS) is 12.7. The molecule has 5 aromatic carbocycles. The highest BCUT2D eigenvalue weighted by molar-refractivity contribution is 7.86. The van der Waals surface area contributed by atoms with Gasteiger partial charge in [-0.1, -0.05) is 30.3 Å². The Hall–Kier alpha value is -4.76. The summed E-state index contributed by atoms with van der Waals surface area (Å²) in [6, 6.07) is 20.8. The lowest BCUT2D eigenvalue weighted by Gasteiger charge is -2.10. The fraction of sp³-hybridized carbons (Fsp3) is 0. The number of aromatic hydroxyl groups is 1. The third kappa shape index (κ3) is 5.23. The Morgan fingerprint density at radius 1 is 0.575 bits per heavy atom. The van der Waals surface area contributed by atoms with Crippen LogP contribution >= 0.6 is 0 Å². The van der Waals surface area contributed by atoms with Gasteiger partial charge in [0.1, 0.15) is 10.6 Å². The van der Waals surface area contributed by atoms with Crippen molar-refractivity contribution < 1.29 is 31.0 Å². The number of anilines is 1. The predicted octanol–water partition coefficient (Wildman–Crippen LogP) is 6.61. The van der Waals surface area contributed by atoms with E-state index < -0.39 is 30.9 Å². The standard InChI is InChI=1S/C26H19N5O7S2/c27-20-10-14-24(40(36,37)38)19-9-11-23(26(32)25(19)20)31-30-22-13-12-21(17-3-1-2-4-18(17)22)29-28-15-5-7-16(8-6-15)39(33,34)35/h1-14,32H,27H2,(H,33,34,35)(H,36,37,38). The van der Waals surface area contributed by atoms with Gasteiger partial charge in [-0.2, -0.15) is 21.9 Å². The van der Waals surface area contributed by atoms with Crippen LogP contribution < -0.4 is 5.73 Å². The lowest BCUT2D eigenvalue weighted by molar-refractivity contribution is 0.480. The predicted molar refractivity (Wildman–Crippen MR) is 148 cm³/mol. The number of azo groups is 2. The van der Waals surface area contributed by atoms with E-state index in [-0.39, 0.29) is 27.0 Å². The number of nitrogens with two attached hydrogens (primary N) is 1. The molecule has 0 spiro atoms. The molecule has 0 bridgehead atoms. The Morgan fingerprint density at radius 2 is 1.12 bits per heavy atom. The maximum atomic E-state index is 11.7. The summed E-state index contributed by atoms with van der Waals surface area (Å²) in [7, 11) is -8.88. The molecule has 0 aliphatic carbocycles. The first-order chi connectivity index (χ1) is 18.9. The van der Waals surface area contributed by atoms with Crippen molar-refractivity contribution in [2.24, 2.45) is 20.5 Å². The van der Waals surface area contributed by atoms with Gasteiger partial charge in [-0.05, 0) is 54.6 Å². The summed E-state index contributed by atoms with van der Waals surface area (Å²) in [4.78, 5) is -0.661. The van der Waals surface area contributed by atoms with Crippen LogP contribution in [0.1, 0.15) is 0 Å². The molecule has 5 aromatic rings. The van der Waals surface area contributed by atoms with Crippen molar-refractivity contribution in [3.05, 3.63) is 84.9 Å². The lowest BCUT2D eigenvalue weighted by Crippen LogP contribution is -2.00. The van der Waals surface area contributed by atoms with Crippen LogP contribution in [0.15, 0.2) is 115 Å². The minimum Gasteiger partial charge on any atom is -0.505 e. The summed E-state index contributed by atoms with van der Waals surface area (Å²) >= 11 is 0. The zero-order chi connectivity index (χ0) is 28.7. The van der Waals surface area contributed by atoms with Gasteiger partial charge >= 0.3 is 0 Å². The van der Waals surface area contributed by atoms with E-state index in [0.717, 1.165) is 6.07 Å². The smallest absolute Gasteiger partial charge is 0.295 e. The Morgan fingerprint density at radius 3 is 1.70 bits per heavy atom. The van der Waals surface area contributed by atoms with Crippen LogP contribution in [0.3, 0.4) is 0 Å². The molecule has 14 heteroatoms. The van der Waals surface area contributed by atoms with Crippen molar-refractivity contribution >= 4 is 70.2 Å². The van der Waals surface area contributed by atoms with Crippen LogP contribution in [0.5, 0.6) is 5.75 Å². The van der Waals surface area contributed by atoms with E-state index in [2.05, 4.69) is 20.5 Å². The summed E-state index contributed by atoms with van der Waals surface area (Å²) in [6.45, 7) is 0.